The molecule has 0 radical (unpaired) electrons. The number of alkyl halides is 3. The molecule has 4 nitrogen and oxygen atoms in total. The van der Waals surface area contributed by atoms with Gasteiger partial charge in [-0.05, 0) is 38.1 Å². The van der Waals surface area contributed by atoms with Crippen LogP contribution >= 0.6 is 11.8 Å². The molecule has 0 unspecified atom stereocenters. The minimum atomic E-state index is -4.40. The van der Waals surface area contributed by atoms with E-state index in [0.29, 0.717) is 5.16 Å². The van der Waals surface area contributed by atoms with Gasteiger partial charge in [0.2, 0.25) is 5.91 Å². The zero-order chi connectivity index (χ0) is 19.2. The number of carbonyl (C=O) groups is 1. The third-order valence-electron chi connectivity index (χ3n) is 3.09. The summed E-state index contributed by atoms with van der Waals surface area (Å²) in [6, 6.07) is 6.58. The Kier molecular flexibility index (Phi) is 6.64. The van der Waals surface area contributed by atoms with Crippen molar-refractivity contribution in [2.24, 2.45) is 0 Å². The highest BCUT2D eigenvalue weighted by molar-refractivity contribution is 7.99. The van der Waals surface area contributed by atoms with Crippen molar-refractivity contribution in [2.75, 3.05) is 12.3 Å². The lowest BCUT2D eigenvalue weighted by atomic mass is 10.1. The number of aromatic nitrogens is 2. The molecular formula is C18H16F3N3OS. The van der Waals surface area contributed by atoms with Gasteiger partial charge in [0.15, 0.2) is 5.16 Å². The molecule has 1 heterocycles. The van der Waals surface area contributed by atoms with Crippen molar-refractivity contribution in [2.45, 2.75) is 25.2 Å². The van der Waals surface area contributed by atoms with E-state index >= 15 is 0 Å². The summed E-state index contributed by atoms with van der Waals surface area (Å²) in [5.74, 6) is 5.12. The number of halogens is 3. The van der Waals surface area contributed by atoms with Crippen LogP contribution in [0.25, 0.3) is 0 Å². The number of carbonyl (C=O) groups excluding carboxylic acids is 1. The number of amides is 1. The molecular weight excluding hydrogens is 363 g/mol. The second kappa shape index (κ2) is 8.72. The molecule has 2 aromatic rings. The SMILES string of the molecule is Cc1cc(C)nc(SCC(=O)NCC#Cc2cccc(C(F)(F)F)c2)n1. The Morgan fingerprint density at radius 2 is 1.88 bits per heavy atom. The summed E-state index contributed by atoms with van der Waals surface area (Å²) in [7, 11) is 0. The highest BCUT2D eigenvalue weighted by Crippen LogP contribution is 2.29. The fraction of sp³-hybridized carbons (Fsp3) is 0.278. The molecule has 0 fully saturated rings. The van der Waals surface area contributed by atoms with E-state index in [4.69, 9.17) is 0 Å². The van der Waals surface area contributed by atoms with Crippen LogP contribution in [0.15, 0.2) is 35.5 Å². The third kappa shape index (κ3) is 6.41. The maximum absolute atomic E-state index is 12.6. The predicted octanol–water partition coefficient (Wildman–Crippen LogP) is 3.37. The van der Waals surface area contributed by atoms with Gasteiger partial charge in [0.25, 0.3) is 0 Å². The van der Waals surface area contributed by atoms with Crippen molar-refractivity contribution < 1.29 is 18.0 Å². The largest absolute Gasteiger partial charge is 0.416 e. The van der Waals surface area contributed by atoms with Crippen LogP contribution < -0.4 is 5.32 Å². The summed E-state index contributed by atoms with van der Waals surface area (Å²) in [4.78, 5) is 20.2. The molecule has 1 aromatic carbocycles. The van der Waals surface area contributed by atoms with Gasteiger partial charge in [-0.3, -0.25) is 4.79 Å². The molecule has 0 atom stereocenters. The van der Waals surface area contributed by atoms with Gasteiger partial charge in [0.05, 0.1) is 17.9 Å². The lowest BCUT2D eigenvalue weighted by Crippen LogP contribution is -2.25. The van der Waals surface area contributed by atoms with Crippen LogP contribution in [0.2, 0.25) is 0 Å². The molecule has 0 aliphatic heterocycles. The maximum Gasteiger partial charge on any atom is 0.416 e. The molecule has 1 N–H and O–H groups in total. The Morgan fingerprint density at radius 1 is 1.19 bits per heavy atom. The van der Waals surface area contributed by atoms with Crippen LogP contribution in [0.1, 0.15) is 22.5 Å². The minimum Gasteiger partial charge on any atom is -0.344 e. The first-order chi connectivity index (χ1) is 12.2. The summed E-state index contributed by atoms with van der Waals surface area (Å²) in [6.07, 6.45) is -4.40. The van der Waals surface area contributed by atoms with Gasteiger partial charge in [-0.2, -0.15) is 13.2 Å². The molecule has 0 aliphatic carbocycles. The van der Waals surface area contributed by atoms with E-state index < -0.39 is 11.7 Å². The number of benzene rings is 1. The van der Waals surface area contributed by atoms with Crippen LogP contribution in [0.3, 0.4) is 0 Å². The highest BCUT2D eigenvalue weighted by Gasteiger charge is 2.30. The van der Waals surface area contributed by atoms with Gasteiger partial charge in [-0.15, -0.1) is 0 Å². The van der Waals surface area contributed by atoms with Crippen LogP contribution in [0, 0.1) is 25.7 Å². The van der Waals surface area contributed by atoms with Crippen molar-refractivity contribution in [3.05, 3.63) is 52.8 Å². The zero-order valence-corrected chi connectivity index (χ0v) is 15.0. The van der Waals surface area contributed by atoms with E-state index in [0.717, 1.165) is 23.5 Å². The molecule has 8 heteroatoms. The Morgan fingerprint density at radius 3 is 2.54 bits per heavy atom. The van der Waals surface area contributed by atoms with Gasteiger partial charge < -0.3 is 5.32 Å². The Bertz CT molecular complexity index is 836. The molecule has 1 amide bonds. The summed E-state index contributed by atoms with van der Waals surface area (Å²) in [5.41, 5.74) is 1.14. The van der Waals surface area contributed by atoms with Crippen LogP contribution in [-0.4, -0.2) is 28.2 Å². The molecule has 136 valence electrons. The lowest BCUT2D eigenvalue weighted by molar-refractivity contribution is -0.137. The topological polar surface area (TPSA) is 54.9 Å². The third-order valence-corrected chi connectivity index (χ3v) is 3.94. The van der Waals surface area contributed by atoms with Gasteiger partial charge in [-0.1, -0.05) is 29.7 Å². The molecule has 0 saturated carbocycles. The number of hydrogen-bond acceptors (Lipinski definition) is 4. The highest BCUT2D eigenvalue weighted by atomic mass is 32.2. The molecule has 0 saturated heterocycles. The second-order valence-corrected chi connectivity index (χ2v) is 6.32. The zero-order valence-electron chi connectivity index (χ0n) is 14.1. The van der Waals surface area contributed by atoms with E-state index in [2.05, 4.69) is 27.1 Å². The number of nitrogens with one attached hydrogen (secondary N) is 1. The minimum absolute atomic E-state index is 0.0450. The Labute approximate surface area is 153 Å². The van der Waals surface area contributed by atoms with Crippen LogP contribution in [0.4, 0.5) is 13.2 Å². The molecule has 26 heavy (non-hydrogen) atoms. The smallest absolute Gasteiger partial charge is 0.344 e. The first-order valence-electron chi connectivity index (χ1n) is 7.62. The van der Waals surface area contributed by atoms with E-state index in [-0.39, 0.29) is 23.8 Å². The molecule has 0 bridgehead atoms. The molecule has 0 spiro atoms. The van der Waals surface area contributed by atoms with E-state index in [1.807, 2.05) is 19.9 Å². The van der Waals surface area contributed by atoms with E-state index in [1.165, 1.54) is 23.9 Å². The predicted molar refractivity (Wildman–Crippen MR) is 93.6 cm³/mol. The van der Waals surface area contributed by atoms with Crippen molar-refractivity contribution in [3.8, 4) is 11.8 Å². The van der Waals surface area contributed by atoms with Gasteiger partial charge >= 0.3 is 6.18 Å². The maximum atomic E-state index is 12.6. The number of nitrogens with zero attached hydrogens (tertiary/aromatic N) is 2. The fourth-order valence-electron chi connectivity index (χ4n) is 2.00. The average Bonchev–Trinajstić information content (AvgIpc) is 2.55. The fourth-order valence-corrected chi connectivity index (χ4v) is 2.78. The van der Waals surface area contributed by atoms with E-state index in [1.54, 1.807) is 0 Å². The Balaban J connectivity index is 1.83. The number of rotatable bonds is 4. The van der Waals surface area contributed by atoms with Gasteiger partial charge in [-0.25, -0.2) is 9.97 Å². The summed E-state index contributed by atoms with van der Waals surface area (Å²) < 4.78 is 37.9. The Hall–Kier alpha value is -2.53. The monoisotopic (exact) mass is 379 g/mol. The van der Waals surface area contributed by atoms with Crippen LogP contribution in [-0.2, 0) is 11.0 Å². The lowest BCUT2D eigenvalue weighted by Gasteiger charge is -2.05. The number of hydrogen-bond donors (Lipinski definition) is 1. The molecule has 2 rings (SSSR count). The molecule has 0 aliphatic rings. The van der Waals surface area contributed by atoms with Gasteiger partial charge in [0, 0.05) is 17.0 Å². The summed E-state index contributed by atoms with van der Waals surface area (Å²) in [6.45, 7) is 3.74. The normalized spacial score (nSPS) is 10.8. The van der Waals surface area contributed by atoms with Crippen molar-refractivity contribution >= 4 is 17.7 Å². The standard InChI is InChI=1S/C18H16F3N3OS/c1-12-9-13(2)24-17(23-12)26-11-16(25)22-8-4-6-14-5-3-7-15(10-14)18(19,20)21/h3,5,7,9-10H,8,11H2,1-2H3,(H,22,25). The van der Waals surface area contributed by atoms with Crippen LogP contribution in [0.5, 0.6) is 0 Å². The average molecular weight is 379 g/mol. The summed E-state index contributed by atoms with van der Waals surface area (Å²) >= 11 is 1.21. The second-order valence-electron chi connectivity index (χ2n) is 5.38. The first kappa shape index (κ1) is 19.8. The van der Waals surface area contributed by atoms with E-state index in [9.17, 15) is 18.0 Å². The number of aryl methyl sites for hydroxylation is 2. The van der Waals surface area contributed by atoms with Crippen molar-refractivity contribution in [1.29, 1.82) is 0 Å². The number of thioether (sulfide) groups is 1. The summed E-state index contributed by atoms with van der Waals surface area (Å²) in [5, 5.41) is 3.11. The van der Waals surface area contributed by atoms with Gasteiger partial charge in [0.1, 0.15) is 0 Å². The van der Waals surface area contributed by atoms with Crippen molar-refractivity contribution in [3.63, 3.8) is 0 Å². The molecule has 1 aromatic heterocycles. The first-order valence-corrected chi connectivity index (χ1v) is 8.60. The quantitative estimate of drug-likeness (QED) is 0.503. The van der Waals surface area contributed by atoms with Crippen molar-refractivity contribution in [1.82, 2.24) is 15.3 Å².